The number of hydrogen-bond acceptors (Lipinski definition) is 5. The van der Waals surface area contributed by atoms with Gasteiger partial charge < -0.3 is 14.3 Å². The lowest BCUT2D eigenvalue weighted by molar-refractivity contribution is -0.159. The molecule has 1 saturated heterocycles. The number of piperidine rings is 1. The fourth-order valence-corrected chi connectivity index (χ4v) is 4.83. The van der Waals surface area contributed by atoms with Crippen molar-refractivity contribution in [2.45, 2.75) is 38.0 Å². The molecule has 0 unspecified atom stereocenters. The quantitative estimate of drug-likeness (QED) is 0.576. The third-order valence-electron chi connectivity index (χ3n) is 6.51. The Labute approximate surface area is 193 Å². The van der Waals surface area contributed by atoms with Crippen molar-refractivity contribution in [3.05, 3.63) is 71.1 Å². The molecule has 0 bridgehead atoms. The van der Waals surface area contributed by atoms with Crippen molar-refractivity contribution in [3.63, 3.8) is 0 Å². The van der Waals surface area contributed by atoms with E-state index in [0.29, 0.717) is 42.7 Å². The molecular formula is C24H21F3N4O3. The lowest BCUT2D eigenvalue weighted by atomic mass is 9.85. The van der Waals surface area contributed by atoms with Crippen molar-refractivity contribution < 1.29 is 27.3 Å². The smallest absolute Gasteiger partial charge is 0.342 e. The van der Waals surface area contributed by atoms with Crippen molar-refractivity contribution in [2.24, 2.45) is 0 Å². The second-order valence-electron chi connectivity index (χ2n) is 8.56. The summed E-state index contributed by atoms with van der Waals surface area (Å²) in [6.07, 6.45) is -4.10. The molecule has 1 aromatic heterocycles. The van der Waals surface area contributed by atoms with Crippen LogP contribution in [-0.2, 0) is 17.5 Å². The lowest BCUT2D eigenvalue weighted by Crippen LogP contribution is -2.51. The highest BCUT2D eigenvalue weighted by Crippen LogP contribution is 2.37. The minimum absolute atomic E-state index is 0.00149. The average Bonchev–Trinajstić information content (AvgIpc) is 3.44. The van der Waals surface area contributed by atoms with E-state index < -0.39 is 12.1 Å². The van der Waals surface area contributed by atoms with Crippen LogP contribution in [0.15, 0.2) is 53.1 Å². The van der Waals surface area contributed by atoms with Crippen LogP contribution in [0.25, 0.3) is 11.4 Å². The van der Waals surface area contributed by atoms with Crippen LogP contribution in [-0.4, -0.2) is 50.9 Å². The van der Waals surface area contributed by atoms with Crippen LogP contribution >= 0.6 is 0 Å². The zero-order chi connectivity index (χ0) is 24.0. The number of amides is 2. The fourth-order valence-electron chi connectivity index (χ4n) is 4.83. The van der Waals surface area contributed by atoms with Gasteiger partial charge in [-0.1, -0.05) is 41.6 Å². The van der Waals surface area contributed by atoms with Gasteiger partial charge in [0.2, 0.25) is 11.7 Å². The van der Waals surface area contributed by atoms with Gasteiger partial charge in [0.05, 0.1) is 0 Å². The molecule has 2 aliphatic heterocycles. The Morgan fingerprint density at radius 3 is 2.59 bits per heavy atom. The maximum Gasteiger partial charge on any atom is 0.471 e. The van der Waals surface area contributed by atoms with E-state index in [1.54, 1.807) is 28.9 Å². The first-order valence-electron chi connectivity index (χ1n) is 10.9. The van der Waals surface area contributed by atoms with Crippen LogP contribution in [0.5, 0.6) is 0 Å². The SMILES string of the molecule is CC(=O)N1CC[C@H](N2Cc3cc(-c4noc(C(F)(F)F)n4)ccc3C2=O)[C@H](c2ccccc2)C1. The van der Waals surface area contributed by atoms with Gasteiger partial charge in [0.25, 0.3) is 5.91 Å². The number of alkyl halides is 3. The maximum atomic E-state index is 13.3. The summed E-state index contributed by atoms with van der Waals surface area (Å²) in [5, 5.41) is 3.44. The van der Waals surface area contributed by atoms with Crippen molar-refractivity contribution >= 4 is 11.8 Å². The predicted octanol–water partition coefficient (Wildman–Crippen LogP) is 4.12. The fraction of sp³-hybridized carbons (Fsp3) is 0.333. The summed E-state index contributed by atoms with van der Waals surface area (Å²) in [7, 11) is 0. The van der Waals surface area contributed by atoms with Gasteiger partial charge in [-0.3, -0.25) is 9.59 Å². The average molecular weight is 470 g/mol. The van der Waals surface area contributed by atoms with E-state index >= 15 is 0 Å². The standard InChI is InChI=1S/C24H21F3N4O3/c1-14(32)30-10-9-20(19(13-30)15-5-3-2-4-6-15)31-12-17-11-16(7-8-18(17)22(31)33)21-28-23(34-29-21)24(25,26)27/h2-8,11,19-20H,9-10,12-13H2,1H3/t19-,20-/m0/s1. The molecule has 3 aromatic rings. The summed E-state index contributed by atoms with van der Waals surface area (Å²) < 4.78 is 42.8. The zero-order valence-corrected chi connectivity index (χ0v) is 18.2. The Bertz CT molecular complexity index is 1240. The molecule has 0 saturated carbocycles. The molecule has 3 heterocycles. The molecule has 2 atom stereocenters. The molecule has 2 aromatic carbocycles. The van der Waals surface area contributed by atoms with E-state index in [1.165, 1.54) is 6.07 Å². The summed E-state index contributed by atoms with van der Waals surface area (Å²) in [5.74, 6) is -1.78. The number of aromatic nitrogens is 2. The summed E-state index contributed by atoms with van der Waals surface area (Å²) in [6, 6.07) is 14.4. The summed E-state index contributed by atoms with van der Waals surface area (Å²) in [5.41, 5.74) is 2.60. The molecular weight excluding hydrogens is 449 g/mol. The summed E-state index contributed by atoms with van der Waals surface area (Å²) in [4.78, 5) is 32.4. The van der Waals surface area contributed by atoms with Gasteiger partial charge in [-0.15, -0.1) is 0 Å². The number of nitrogens with zero attached hydrogens (tertiary/aromatic N) is 4. The Morgan fingerprint density at radius 2 is 1.91 bits per heavy atom. The minimum atomic E-state index is -4.73. The number of carbonyl (C=O) groups excluding carboxylic acids is 2. The van der Waals surface area contributed by atoms with Crippen LogP contribution in [0, 0.1) is 0 Å². The van der Waals surface area contributed by atoms with Crippen LogP contribution < -0.4 is 0 Å². The van der Waals surface area contributed by atoms with Crippen molar-refractivity contribution in [2.75, 3.05) is 13.1 Å². The highest BCUT2D eigenvalue weighted by atomic mass is 19.4. The molecule has 176 valence electrons. The number of halogens is 3. The van der Waals surface area contributed by atoms with E-state index in [2.05, 4.69) is 14.7 Å². The van der Waals surface area contributed by atoms with Gasteiger partial charge >= 0.3 is 12.1 Å². The third kappa shape index (κ3) is 3.93. The molecule has 34 heavy (non-hydrogen) atoms. The highest BCUT2D eigenvalue weighted by Gasteiger charge is 2.41. The molecule has 10 heteroatoms. The number of carbonyl (C=O) groups is 2. The predicted molar refractivity (Wildman–Crippen MR) is 114 cm³/mol. The third-order valence-corrected chi connectivity index (χ3v) is 6.51. The molecule has 0 aliphatic carbocycles. The first-order chi connectivity index (χ1) is 16.2. The number of hydrogen-bond donors (Lipinski definition) is 0. The monoisotopic (exact) mass is 470 g/mol. The molecule has 2 amide bonds. The zero-order valence-electron chi connectivity index (χ0n) is 18.2. The number of rotatable bonds is 3. The van der Waals surface area contributed by atoms with E-state index in [9.17, 15) is 22.8 Å². The Morgan fingerprint density at radius 1 is 1.15 bits per heavy atom. The maximum absolute atomic E-state index is 13.3. The number of benzene rings is 2. The van der Waals surface area contributed by atoms with Gasteiger partial charge in [-0.25, -0.2) is 0 Å². The second-order valence-corrected chi connectivity index (χ2v) is 8.56. The Kier molecular flexibility index (Phi) is 5.38. The van der Waals surface area contributed by atoms with Gasteiger partial charge in [0, 0.05) is 49.6 Å². The molecule has 2 aliphatic rings. The van der Waals surface area contributed by atoms with E-state index in [1.807, 2.05) is 30.3 Å². The van der Waals surface area contributed by atoms with Crippen molar-refractivity contribution in [1.82, 2.24) is 19.9 Å². The lowest BCUT2D eigenvalue weighted by Gasteiger charge is -2.42. The van der Waals surface area contributed by atoms with Gasteiger partial charge in [0.1, 0.15) is 0 Å². The van der Waals surface area contributed by atoms with Crippen molar-refractivity contribution in [3.8, 4) is 11.4 Å². The van der Waals surface area contributed by atoms with Crippen LogP contribution in [0.2, 0.25) is 0 Å². The largest absolute Gasteiger partial charge is 0.471 e. The summed E-state index contributed by atoms with van der Waals surface area (Å²) in [6.45, 7) is 2.93. The van der Waals surface area contributed by atoms with Gasteiger partial charge in [-0.2, -0.15) is 18.2 Å². The van der Waals surface area contributed by atoms with E-state index in [-0.39, 0.29) is 29.6 Å². The first-order valence-corrected chi connectivity index (χ1v) is 10.9. The van der Waals surface area contributed by atoms with Crippen molar-refractivity contribution in [1.29, 1.82) is 0 Å². The van der Waals surface area contributed by atoms with Gasteiger partial charge in [0.15, 0.2) is 0 Å². The van der Waals surface area contributed by atoms with Crippen LogP contribution in [0.1, 0.15) is 46.6 Å². The molecule has 0 spiro atoms. The van der Waals surface area contributed by atoms with E-state index in [0.717, 1.165) is 5.56 Å². The minimum Gasteiger partial charge on any atom is -0.342 e. The van der Waals surface area contributed by atoms with E-state index in [4.69, 9.17) is 0 Å². The van der Waals surface area contributed by atoms with Crippen LogP contribution in [0.3, 0.4) is 0 Å². The second kappa shape index (κ2) is 8.27. The summed E-state index contributed by atoms with van der Waals surface area (Å²) >= 11 is 0. The molecule has 0 radical (unpaired) electrons. The topological polar surface area (TPSA) is 79.5 Å². The number of likely N-dealkylation sites (tertiary alicyclic amines) is 1. The first kappa shape index (κ1) is 22.1. The van der Waals surface area contributed by atoms with Gasteiger partial charge in [-0.05, 0) is 29.7 Å². The molecule has 7 nitrogen and oxygen atoms in total. The van der Waals surface area contributed by atoms with Crippen LogP contribution in [0.4, 0.5) is 13.2 Å². The highest BCUT2D eigenvalue weighted by molar-refractivity contribution is 5.99. The Balaban J connectivity index is 1.43. The molecule has 5 rings (SSSR count). The Hall–Kier alpha value is -3.69. The number of fused-ring (bicyclic) bond motifs is 1. The normalized spacial score (nSPS) is 20.5. The molecule has 1 fully saturated rings. The molecule has 0 N–H and O–H groups in total.